The van der Waals surface area contributed by atoms with Crippen LogP contribution in [0.2, 0.25) is 0 Å². The van der Waals surface area contributed by atoms with Gasteiger partial charge in [0.1, 0.15) is 0 Å². The zero-order valence-electron chi connectivity index (χ0n) is 13.7. The van der Waals surface area contributed by atoms with Crippen molar-refractivity contribution >= 4 is 11.7 Å². The minimum absolute atomic E-state index is 0.150. The Hall–Kier alpha value is -2.62. The summed E-state index contributed by atoms with van der Waals surface area (Å²) in [5.74, 6) is -0.922. The van der Waals surface area contributed by atoms with E-state index < -0.39 is 5.97 Å². The fourth-order valence-corrected chi connectivity index (χ4v) is 2.81. The molecule has 0 aromatic heterocycles. The zero-order chi connectivity index (χ0) is 16.9. The van der Waals surface area contributed by atoms with Gasteiger partial charge in [0.15, 0.2) is 6.10 Å². The van der Waals surface area contributed by atoms with E-state index in [-0.39, 0.29) is 11.7 Å². The lowest BCUT2D eigenvalue weighted by molar-refractivity contribution is 0.0695. The summed E-state index contributed by atoms with van der Waals surface area (Å²) >= 11 is 0. The summed E-state index contributed by atoms with van der Waals surface area (Å²) in [5, 5.41) is 13.2. The summed E-state index contributed by atoms with van der Waals surface area (Å²) in [7, 11) is 0. The average molecular weight is 323 g/mol. The van der Waals surface area contributed by atoms with Crippen molar-refractivity contribution in [3.63, 3.8) is 0 Å². The van der Waals surface area contributed by atoms with Gasteiger partial charge in [0.2, 0.25) is 0 Å². The normalized spacial score (nSPS) is 16.5. The van der Waals surface area contributed by atoms with Crippen LogP contribution in [0.25, 0.3) is 0 Å². The van der Waals surface area contributed by atoms with Crippen LogP contribution in [0, 0.1) is 0 Å². The van der Waals surface area contributed by atoms with Crippen molar-refractivity contribution in [3.05, 3.63) is 70.8 Å². The number of rotatable bonds is 6. The van der Waals surface area contributed by atoms with E-state index in [2.05, 4.69) is 36.3 Å². The predicted molar refractivity (Wildman–Crippen MR) is 93.4 cm³/mol. The Bertz CT molecular complexity index is 732. The standard InChI is InChI=1S/C20H21NO3/c1-2-3-4-14-5-7-15(8-6-14)18-13-19(24-21-18)16-9-11-17(12-10-16)20(22)23/h5-12,19H,2-4,13H2,1H3,(H,22,23). The number of nitrogens with zero attached hydrogens (tertiary/aromatic N) is 1. The molecule has 0 saturated heterocycles. The van der Waals surface area contributed by atoms with Gasteiger partial charge < -0.3 is 9.94 Å². The zero-order valence-corrected chi connectivity index (χ0v) is 13.7. The van der Waals surface area contributed by atoms with Gasteiger partial charge in [0.25, 0.3) is 0 Å². The summed E-state index contributed by atoms with van der Waals surface area (Å²) in [6.45, 7) is 2.20. The van der Waals surface area contributed by atoms with Crippen molar-refractivity contribution in [3.8, 4) is 0 Å². The molecule has 1 aliphatic heterocycles. The van der Waals surface area contributed by atoms with Gasteiger partial charge in [-0.25, -0.2) is 4.79 Å². The third-order valence-corrected chi connectivity index (χ3v) is 4.30. The maximum Gasteiger partial charge on any atom is 0.335 e. The summed E-state index contributed by atoms with van der Waals surface area (Å²) < 4.78 is 0. The van der Waals surface area contributed by atoms with E-state index in [0.29, 0.717) is 6.42 Å². The highest BCUT2D eigenvalue weighted by Crippen LogP contribution is 2.29. The lowest BCUT2D eigenvalue weighted by atomic mass is 9.98. The van der Waals surface area contributed by atoms with Gasteiger partial charge in [-0.05, 0) is 41.7 Å². The molecule has 0 spiro atoms. The van der Waals surface area contributed by atoms with Crippen LogP contribution in [0.1, 0.15) is 59.3 Å². The molecule has 0 saturated carbocycles. The highest BCUT2D eigenvalue weighted by molar-refractivity contribution is 6.01. The molecular formula is C20H21NO3. The highest BCUT2D eigenvalue weighted by atomic mass is 16.6. The van der Waals surface area contributed by atoms with Crippen molar-refractivity contribution in [2.45, 2.75) is 38.7 Å². The van der Waals surface area contributed by atoms with E-state index in [4.69, 9.17) is 9.94 Å². The van der Waals surface area contributed by atoms with E-state index in [9.17, 15) is 4.79 Å². The van der Waals surface area contributed by atoms with Crippen molar-refractivity contribution < 1.29 is 14.7 Å². The number of hydrogen-bond donors (Lipinski definition) is 1. The summed E-state index contributed by atoms with van der Waals surface area (Å²) in [6.07, 6.45) is 4.06. The second kappa shape index (κ2) is 7.30. The number of carboxylic acids is 1. The van der Waals surface area contributed by atoms with Gasteiger partial charge in [-0.15, -0.1) is 0 Å². The molecule has 1 N–H and O–H groups in total. The molecule has 24 heavy (non-hydrogen) atoms. The van der Waals surface area contributed by atoms with Gasteiger partial charge in [-0.3, -0.25) is 0 Å². The first kappa shape index (κ1) is 16.2. The molecule has 1 heterocycles. The lowest BCUT2D eigenvalue weighted by Crippen LogP contribution is -2.03. The molecule has 0 amide bonds. The molecule has 1 aliphatic rings. The van der Waals surface area contributed by atoms with Crippen LogP contribution in [0.4, 0.5) is 0 Å². The van der Waals surface area contributed by atoms with Gasteiger partial charge >= 0.3 is 5.97 Å². The SMILES string of the molecule is CCCCc1ccc(C2=NOC(c3ccc(C(=O)O)cc3)C2)cc1. The van der Waals surface area contributed by atoms with Crippen molar-refractivity contribution in [1.82, 2.24) is 0 Å². The van der Waals surface area contributed by atoms with Crippen molar-refractivity contribution in [2.75, 3.05) is 0 Å². The van der Waals surface area contributed by atoms with E-state index in [0.717, 1.165) is 23.3 Å². The van der Waals surface area contributed by atoms with Gasteiger partial charge in [0, 0.05) is 6.42 Å². The number of unbranched alkanes of at least 4 members (excludes halogenated alkanes) is 1. The maximum absolute atomic E-state index is 10.9. The molecule has 4 heteroatoms. The first-order valence-corrected chi connectivity index (χ1v) is 8.32. The molecule has 124 valence electrons. The number of oxime groups is 1. The molecule has 1 unspecified atom stereocenters. The van der Waals surface area contributed by atoms with Crippen LogP contribution in [0.15, 0.2) is 53.7 Å². The third kappa shape index (κ3) is 3.65. The lowest BCUT2D eigenvalue weighted by Gasteiger charge is -2.08. The topological polar surface area (TPSA) is 58.9 Å². The molecule has 4 nitrogen and oxygen atoms in total. The van der Waals surface area contributed by atoms with Crippen LogP contribution in [-0.2, 0) is 11.3 Å². The Morgan fingerprint density at radius 3 is 2.50 bits per heavy atom. The summed E-state index contributed by atoms with van der Waals surface area (Å²) in [6, 6.07) is 15.3. The fraction of sp³-hybridized carbons (Fsp3) is 0.300. The van der Waals surface area contributed by atoms with Crippen LogP contribution < -0.4 is 0 Å². The smallest absolute Gasteiger partial charge is 0.335 e. The Labute approximate surface area is 141 Å². The molecule has 0 aliphatic carbocycles. The number of aryl methyl sites for hydroxylation is 1. The second-order valence-corrected chi connectivity index (χ2v) is 6.06. The first-order valence-electron chi connectivity index (χ1n) is 8.32. The highest BCUT2D eigenvalue weighted by Gasteiger charge is 2.24. The average Bonchev–Trinajstić information content (AvgIpc) is 3.10. The molecular weight excluding hydrogens is 302 g/mol. The molecule has 0 bridgehead atoms. The minimum Gasteiger partial charge on any atom is -0.478 e. The fourth-order valence-electron chi connectivity index (χ4n) is 2.81. The van der Waals surface area contributed by atoms with E-state index in [1.807, 2.05) is 0 Å². The predicted octanol–water partition coefficient (Wildman–Crippen LogP) is 4.59. The number of carbonyl (C=O) groups is 1. The van der Waals surface area contributed by atoms with Crippen LogP contribution in [0.5, 0.6) is 0 Å². The van der Waals surface area contributed by atoms with Crippen LogP contribution in [0.3, 0.4) is 0 Å². The molecule has 2 aromatic carbocycles. The van der Waals surface area contributed by atoms with Crippen molar-refractivity contribution in [1.29, 1.82) is 0 Å². The summed E-state index contributed by atoms with van der Waals surface area (Å²) in [4.78, 5) is 16.5. The molecule has 2 aromatic rings. The molecule has 0 radical (unpaired) electrons. The van der Waals surface area contributed by atoms with E-state index in [1.54, 1.807) is 24.3 Å². The van der Waals surface area contributed by atoms with Crippen LogP contribution >= 0.6 is 0 Å². The number of benzene rings is 2. The monoisotopic (exact) mass is 323 g/mol. The Morgan fingerprint density at radius 2 is 1.88 bits per heavy atom. The Balaban J connectivity index is 1.65. The minimum atomic E-state index is -0.922. The molecule has 3 rings (SSSR count). The van der Waals surface area contributed by atoms with Crippen molar-refractivity contribution in [2.24, 2.45) is 5.16 Å². The molecule has 1 atom stereocenters. The Kier molecular flexibility index (Phi) is 4.94. The van der Waals surface area contributed by atoms with Gasteiger partial charge in [0.05, 0.1) is 11.3 Å². The van der Waals surface area contributed by atoms with E-state index >= 15 is 0 Å². The second-order valence-electron chi connectivity index (χ2n) is 6.06. The van der Waals surface area contributed by atoms with Gasteiger partial charge in [-0.1, -0.05) is 54.9 Å². The van der Waals surface area contributed by atoms with Crippen LogP contribution in [-0.4, -0.2) is 16.8 Å². The number of aromatic carboxylic acids is 1. The number of hydrogen-bond acceptors (Lipinski definition) is 3. The third-order valence-electron chi connectivity index (χ3n) is 4.30. The van der Waals surface area contributed by atoms with Gasteiger partial charge in [-0.2, -0.15) is 0 Å². The number of carboxylic acid groups (broad SMARTS) is 1. The Morgan fingerprint density at radius 1 is 1.17 bits per heavy atom. The quantitative estimate of drug-likeness (QED) is 0.845. The maximum atomic E-state index is 10.9. The largest absolute Gasteiger partial charge is 0.478 e. The van der Waals surface area contributed by atoms with E-state index in [1.165, 1.54) is 18.4 Å². The first-order chi connectivity index (χ1) is 11.7. The molecule has 0 fully saturated rings. The summed E-state index contributed by atoms with van der Waals surface area (Å²) in [5.41, 5.74) is 4.59.